The summed E-state index contributed by atoms with van der Waals surface area (Å²) in [5, 5.41) is 8.14. The number of nitriles is 1. The summed E-state index contributed by atoms with van der Waals surface area (Å²) in [7, 11) is 1.35. The molecule has 0 spiro atoms. The average Bonchev–Trinajstić information content (AvgIpc) is 2.20. The number of rotatable bonds is 3. The molecule has 0 aromatic heterocycles. The number of hydrogen-bond acceptors (Lipinski definition) is 2. The van der Waals surface area contributed by atoms with Crippen LogP contribution in [0, 0.1) is 11.3 Å². The van der Waals surface area contributed by atoms with E-state index in [1.165, 1.54) is 19.2 Å². The predicted octanol–water partition coefficient (Wildman–Crippen LogP) is 4.01. The van der Waals surface area contributed by atoms with Gasteiger partial charge >= 0.3 is 0 Å². The van der Waals surface area contributed by atoms with Gasteiger partial charge in [-0.05, 0) is 6.07 Å². The fraction of sp³-hybridized carbons (Fsp3) is 0.300. The van der Waals surface area contributed by atoms with Crippen molar-refractivity contribution in [1.82, 2.24) is 0 Å². The Labute approximate surface area is 101 Å². The van der Waals surface area contributed by atoms with Crippen molar-refractivity contribution in [3.05, 3.63) is 27.7 Å². The van der Waals surface area contributed by atoms with Crippen LogP contribution in [-0.4, -0.2) is 7.11 Å². The molecule has 2 nitrogen and oxygen atoms in total. The average molecular weight is 266 g/mol. The Morgan fingerprint density at radius 1 is 1.38 bits per heavy atom. The molecule has 86 valence electrons. The van der Waals surface area contributed by atoms with Crippen LogP contribution in [0.4, 0.5) is 8.78 Å². The van der Waals surface area contributed by atoms with Gasteiger partial charge in [0.1, 0.15) is 12.2 Å². The molecule has 0 saturated heterocycles. The van der Waals surface area contributed by atoms with Crippen LogP contribution < -0.4 is 4.74 Å². The molecule has 0 atom stereocenters. The maximum atomic E-state index is 13.4. The van der Waals surface area contributed by atoms with Gasteiger partial charge in [0, 0.05) is 11.6 Å². The zero-order chi connectivity index (χ0) is 12.3. The van der Waals surface area contributed by atoms with E-state index in [0.29, 0.717) is 0 Å². The monoisotopic (exact) mass is 265 g/mol. The molecule has 0 saturated carbocycles. The molecular weight excluding hydrogens is 259 g/mol. The van der Waals surface area contributed by atoms with Gasteiger partial charge in [0.05, 0.1) is 23.2 Å². The quantitative estimate of drug-likeness (QED) is 0.828. The summed E-state index contributed by atoms with van der Waals surface area (Å²) in [6.45, 7) is 0. The van der Waals surface area contributed by atoms with Gasteiger partial charge in [0.2, 0.25) is 0 Å². The number of methoxy groups -OCH3 is 1. The summed E-state index contributed by atoms with van der Waals surface area (Å²) >= 11 is 11.4. The van der Waals surface area contributed by atoms with E-state index >= 15 is 0 Å². The number of benzene rings is 1. The Hall–Kier alpha value is -1.05. The predicted molar refractivity (Wildman–Crippen MR) is 57.1 cm³/mol. The number of alkyl halides is 2. The van der Waals surface area contributed by atoms with Crippen LogP contribution in [0.2, 0.25) is 10.0 Å². The standard InChI is InChI=1S/C10H7Cl2F2NO/c1-16-9-5-7(11)6(4-8(9)12)10(13,14)2-3-15/h4-5H,2H2,1H3. The van der Waals surface area contributed by atoms with E-state index in [1.54, 1.807) is 0 Å². The molecule has 1 aromatic carbocycles. The molecule has 0 unspecified atom stereocenters. The normalized spacial score (nSPS) is 11.0. The Morgan fingerprint density at radius 3 is 2.50 bits per heavy atom. The molecule has 0 heterocycles. The molecule has 1 aromatic rings. The summed E-state index contributed by atoms with van der Waals surface area (Å²) in [6, 6.07) is 3.61. The molecule has 0 fully saturated rings. The number of ether oxygens (including phenoxy) is 1. The van der Waals surface area contributed by atoms with Gasteiger partial charge in [-0.3, -0.25) is 0 Å². The van der Waals surface area contributed by atoms with Crippen LogP contribution >= 0.6 is 23.2 Å². The molecule has 0 amide bonds. The minimum atomic E-state index is -3.32. The highest BCUT2D eigenvalue weighted by Gasteiger charge is 2.34. The zero-order valence-electron chi connectivity index (χ0n) is 8.23. The maximum absolute atomic E-state index is 13.4. The second kappa shape index (κ2) is 4.86. The molecule has 0 bridgehead atoms. The van der Waals surface area contributed by atoms with Crippen molar-refractivity contribution < 1.29 is 13.5 Å². The molecule has 6 heteroatoms. The summed E-state index contributed by atoms with van der Waals surface area (Å²) in [5.41, 5.74) is -0.471. The summed E-state index contributed by atoms with van der Waals surface area (Å²) in [5.74, 6) is -3.11. The highest BCUT2D eigenvalue weighted by molar-refractivity contribution is 6.34. The van der Waals surface area contributed by atoms with Crippen molar-refractivity contribution >= 4 is 23.2 Å². The summed E-state index contributed by atoms with van der Waals surface area (Å²) < 4.78 is 31.7. The molecule has 0 aliphatic rings. The first-order chi connectivity index (χ1) is 7.42. The van der Waals surface area contributed by atoms with E-state index < -0.39 is 17.9 Å². The lowest BCUT2D eigenvalue weighted by Gasteiger charge is -2.16. The van der Waals surface area contributed by atoms with Crippen LogP contribution in [0.25, 0.3) is 0 Å². The van der Waals surface area contributed by atoms with E-state index in [9.17, 15) is 8.78 Å². The van der Waals surface area contributed by atoms with E-state index in [0.717, 1.165) is 6.07 Å². The highest BCUT2D eigenvalue weighted by Crippen LogP contribution is 2.40. The van der Waals surface area contributed by atoms with Gasteiger partial charge in [-0.15, -0.1) is 0 Å². The lowest BCUT2D eigenvalue weighted by molar-refractivity contribution is 0.00104. The van der Waals surface area contributed by atoms with Crippen LogP contribution in [0.5, 0.6) is 5.75 Å². The smallest absolute Gasteiger partial charge is 0.287 e. The van der Waals surface area contributed by atoms with Crippen molar-refractivity contribution in [3.8, 4) is 11.8 Å². The minimum Gasteiger partial charge on any atom is -0.495 e. The third-order valence-electron chi connectivity index (χ3n) is 1.94. The van der Waals surface area contributed by atoms with Crippen LogP contribution in [0.15, 0.2) is 12.1 Å². The molecule has 0 aliphatic heterocycles. The van der Waals surface area contributed by atoms with Gasteiger partial charge < -0.3 is 4.74 Å². The van der Waals surface area contributed by atoms with Gasteiger partial charge in [-0.25, -0.2) is 8.78 Å². The summed E-state index contributed by atoms with van der Waals surface area (Å²) in [6.07, 6.45) is -0.949. The Morgan fingerprint density at radius 2 is 2.00 bits per heavy atom. The van der Waals surface area contributed by atoms with Crippen molar-refractivity contribution in [3.63, 3.8) is 0 Å². The van der Waals surface area contributed by atoms with Crippen molar-refractivity contribution in [1.29, 1.82) is 5.26 Å². The third-order valence-corrected chi connectivity index (χ3v) is 2.54. The topological polar surface area (TPSA) is 33.0 Å². The number of nitrogens with zero attached hydrogens (tertiary/aromatic N) is 1. The molecule has 0 aliphatic carbocycles. The fourth-order valence-electron chi connectivity index (χ4n) is 1.16. The first-order valence-corrected chi connectivity index (χ1v) is 4.96. The molecular formula is C10H7Cl2F2NO. The Balaban J connectivity index is 3.26. The van der Waals surface area contributed by atoms with E-state index in [1.807, 2.05) is 0 Å². The molecule has 1 rings (SSSR count). The SMILES string of the molecule is COc1cc(Cl)c(C(F)(F)CC#N)cc1Cl. The Bertz CT molecular complexity index is 443. The Kier molecular flexibility index (Phi) is 3.95. The second-order valence-corrected chi connectivity index (χ2v) is 3.82. The molecule has 16 heavy (non-hydrogen) atoms. The lowest BCUT2D eigenvalue weighted by atomic mass is 10.1. The van der Waals surface area contributed by atoms with Crippen LogP contribution in [0.3, 0.4) is 0 Å². The maximum Gasteiger partial charge on any atom is 0.287 e. The van der Waals surface area contributed by atoms with E-state index in [-0.39, 0.29) is 15.8 Å². The van der Waals surface area contributed by atoms with Gasteiger partial charge in [-0.2, -0.15) is 5.26 Å². The first-order valence-electron chi connectivity index (χ1n) is 4.20. The number of halogens is 4. The first kappa shape index (κ1) is 13.0. The minimum absolute atomic E-state index is 0.0273. The van der Waals surface area contributed by atoms with Gasteiger partial charge in [0.15, 0.2) is 0 Å². The third kappa shape index (κ3) is 2.55. The largest absolute Gasteiger partial charge is 0.495 e. The van der Waals surface area contributed by atoms with Gasteiger partial charge in [0.25, 0.3) is 5.92 Å². The van der Waals surface area contributed by atoms with Crippen LogP contribution in [0.1, 0.15) is 12.0 Å². The highest BCUT2D eigenvalue weighted by atomic mass is 35.5. The van der Waals surface area contributed by atoms with Gasteiger partial charge in [-0.1, -0.05) is 23.2 Å². The lowest BCUT2D eigenvalue weighted by Crippen LogP contribution is -2.13. The van der Waals surface area contributed by atoms with Crippen molar-refractivity contribution in [2.75, 3.05) is 7.11 Å². The van der Waals surface area contributed by atoms with E-state index in [2.05, 4.69) is 0 Å². The van der Waals surface area contributed by atoms with Crippen molar-refractivity contribution in [2.45, 2.75) is 12.3 Å². The molecule has 0 radical (unpaired) electrons. The molecule has 0 N–H and O–H groups in total. The zero-order valence-corrected chi connectivity index (χ0v) is 9.74. The fourth-order valence-corrected chi connectivity index (χ4v) is 1.69. The second-order valence-electron chi connectivity index (χ2n) is 3.01. The van der Waals surface area contributed by atoms with Crippen LogP contribution in [-0.2, 0) is 5.92 Å². The number of hydrogen-bond donors (Lipinski definition) is 0. The summed E-state index contributed by atoms with van der Waals surface area (Å²) in [4.78, 5) is 0. The van der Waals surface area contributed by atoms with Crippen molar-refractivity contribution in [2.24, 2.45) is 0 Å². The van der Waals surface area contributed by atoms with E-state index in [4.69, 9.17) is 33.2 Å².